The molecule has 0 saturated carbocycles. The van der Waals surface area contributed by atoms with Gasteiger partial charge < -0.3 is 14.7 Å². The number of nitro groups is 1. The van der Waals surface area contributed by atoms with Gasteiger partial charge in [0.1, 0.15) is 12.6 Å². The summed E-state index contributed by atoms with van der Waals surface area (Å²) in [7, 11) is -3.80. The highest BCUT2D eigenvalue weighted by atomic mass is 32.2. The molecule has 0 bridgehead atoms. The minimum Gasteiger partial charge on any atom is -0.445 e. The molecule has 2 amide bonds. The van der Waals surface area contributed by atoms with Crippen LogP contribution in [0.3, 0.4) is 0 Å². The number of nitrogens with zero attached hydrogens (tertiary/aromatic N) is 4. The lowest BCUT2D eigenvalue weighted by Gasteiger charge is -2.36. The van der Waals surface area contributed by atoms with Crippen LogP contribution in [0.2, 0.25) is 0 Å². The van der Waals surface area contributed by atoms with E-state index in [0.29, 0.717) is 38.3 Å². The average molecular weight is 501 g/mol. The molecule has 3 rings (SSSR count). The van der Waals surface area contributed by atoms with Crippen LogP contribution in [0.5, 0.6) is 0 Å². The molecule has 188 valence electrons. The third kappa shape index (κ3) is 6.85. The largest absolute Gasteiger partial charge is 0.445 e. The highest BCUT2D eigenvalue weighted by Crippen LogP contribution is 2.25. The number of rotatable bonds is 8. The number of hydrogen-bond donors (Lipinski definition) is 1. The summed E-state index contributed by atoms with van der Waals surface area (Å²) >= 11 is 0. The van der Waals surface area contributed by atoms with Crippen molar-refractivity contribution in [3.05, 3.63) is 39.9 Å². The Morgan fingerprint density at radius 3 is 2.38 bits per heavy atom. The van der Waals surface area contributed by atoms with E-state index in [2.05, 4.69) is 0 Å². The predicted molar refractivity (Wildman–Crippen MR) is 118 cm³/mol. The Kier molecular flexibility index (Phi) is 8.41. The summed E-state index contributed by atoms with van der Waals surface area (Å²) in [5, 5.41) is 19.9. The molecule has 13 nitrogen and oxygen atoms in total. The van der Waals surface area contributed by atoms with E-state index in [9.17, 15) is 28.1 Å². The highest BCUT2D eigenvalue weighted by Gasteiger charge is 2.44. The van der Waals surface area contributed by atoms with Crippen molar-refractivity contribution < 1.29 is 37.0 Å². The fourth-order valence-corrected chi connectivity index (χ4v) is 4.67. The van der Waals surface area contributed by atoms with Crippen LogP contribution in [0.4, 0.5) is 10.5 Å². The Hall–Kier alpha value is -2.81. The van der Waals surface area contributed by atoms with Gasteiger partial charge in [-0.2, -0.15) is 8.42 Å². The lowest BCUT2D eigenvalue weighted by Crippen LogP contribution is -2.54. The molecule has 2 fully saturated rings. The van der Waals surface area contributed by atoms with Crippen molar-refractivity contribution in [1.29, 1.82) is 0 Å². The molecule has 2 saturated heterocycles. The third-order valence-corrected chi connectivity index (χ3v) is 6.32. The number of aliphatic hydroxyl groups is 1. The lowest BCUT2D eigenvalue weighted by atomic mass is 10.1. The number of amides is 2. The van der Waals surface area contributed by atoms with E-state index in [4.69, 9.17) is 14.0 Å². The van der Waals surface area contributed by atoms with Crippen LogP contribution in [0.1, 0.15) is 12.0 Å². The van der Waals surface area contributed by atoms with E-state index >= 15 is 0 Å². The minimum absolute atomic E-state index is 0.00931. The molecule has 1 aromatic rings. The molecule has 2 unspecified atom stereocenters. The molecular weight excluding hydrogens is 472 g/mol. The summed E-state index contributed by atoms with van der Waals surface area (Å²) in [6.07, 6.45) is -0.781. The molecule has 1 N–H and O–H groups in total. The fourth-order valence-electron chi connectivity index (χ4n) is 4.04. The maximum absolute atomic E-state index is 13.2. The summed E-state index contributed by atoms with van der Waals surface area (Å²) in [4.78, 5) is 41.1. The molecule has 2 aliphatic rings. The Labute approximate surface area is 197 Å². The maximum atomic E-state index is 13.2. The number of aliphatic hydroxyl groups excluding tert-OH is 1. The summed E-state index contributed by atoms with van der Waals surface area (Å²) in [6, 6.07) is 4.55. The van der Waals surface area contributed by atoms with E-state index < -0.39 is 33.3 Å². The molecule has 2 atom stereocenters. The SMILES string of the molecule is CS(=O)(=O)OC1CC(C(=O)N2CCN(CCO)CC2)N(C(=O)OCc2ccc([N+](=O)[O-])cc2)C1. The van der Waals surface area contributed by atoms with Crippen LogP contribution in [0, 0.1) is 10.1 Å². The topological polar surface area (TPSA) is 160 Å². The molecule has 14 heteroatoms. The molecule has 2 heterocycles. The zero-order chi connectivity index (χ0) is 24.9. The number of ether oxygens (including phenoxy) is 1. The molecule has 0 aliphatic carbocycles. The number of nitro benzene ring substituents is 1. The van der Waals surface area contributed by atoms with Gasteiger partial charge in [-0.05, 0) is 17.7 Å². The Bertz CT molecular complexity index is 994. The predicted octanol–water partition coefficient (Wildman–Crippen LogP) is -0.213. The van der Waals surface area contributed by atoms with Gasteiger partial charge in [0.25, 0.3) is 15.8 Å². The first-order valence-corrected chi connectivity index (χ1v) is 12.6. The summed E-state index contributed by atoms with van der Waals surface area (Å²) in [5.74, 6) is -0.324. The van der Waals surface area contributed by atoms with Gasteiger partial charge >= 0.3 is 6.09 Å². The number of likely N-dealkylation sites (tertiary alicyclic amines) is 1. The number of β-amino-alcohol motifs (C(OH)–C–C–N with tert-alkyl or cyclic N) is 1. The normalized spacial score (nSPS) is 21.5. The van der Waals surface area contributed by atoms with Gasteiger partial charge in [-0.1, -0.05) is 0 Å². The monoisotopic (exact) mass is 500 g/mol. The third-order valence-electron chi connectivity index (χ3n) is 5.70. The lowest BCUT2D eigenvalue weighted by molar-refractivity contribution is -0.384. The average Bonchev–Trinajstić information content (AvgIpc) is 3.20. The van der Waals surface area contributed by atoms with Crippen LogP contribution in [-0.4, -0.2) is 109 Å². The Balaban J connectivity index is 1.66. The van der Waals surface area contributed by atoms with Gasteiger partial charge in [-0.15, -0.1) is 0 Å². The van der Waals surface area contributed by atoms with Gasteiger partial charge in [0.15, 0.2) is 0 Å². The smallest absolute Gasteiger partial charge is 0.410 e. The molecule has 34 heavy (non-hydrogen) atoms. The van der Waals surface area contributed by atoms with Crippen molar-refractivity contribution in [2.75, 3.05) is 52.1 Å². The number of hydrogen-bond acceptors (Lipinski definition) is 10. The summed E-state index contributed by atoms with van der Waals surface area (Å²) in [5.41, 5.74) is 0.421. The quantitative estimate of drug-likeness (QED) is 0.287. The van der Waals surface area contributed by atoms with Crippen LogP contribution in [-0.2, 0) is 30.4 Å². The van der Waals surface area contributed by atoms with Crippen LogP contribution in [0.15, 0.2) is 24.3 Å². The zero-order valence-electron chi connectivity index (χ0n) is 18.7. The molecule has 2 aliphatic heterocycles. The second kappa shape index (κ2) is 11.1. The van der Waals surface area contributed by atoms with Gasteiger partial charge in [0.05, 0.1) is 30.4 Å². The number of non-ortho nitro benzene ring substituents is 1. The highest BCUT2D eigenvalue weighted by molar-refractivity contribution is 7.86. The van der Waals surface area contributed by atoms with Crippen molar-refractivity contribution in [3.8, 4) is 0 Å². The Morgan fingerprint density at radius 1 is 1.18 bits per heavy atom. The van der Waals surface area contributed by atoms with E-state index in [1.165, 1.54) is 29.2 Å². The van der Waals surface area contributed by atoms with Gasteiger partial charge in [0.2, 0.25) is 5.91 Å². The summed E-state index contributed by atoms with van der Waals surface area (Å²) in [6.45, 7) is 2.21. The van der Waals surface area contributed by atoms with E-state index in [-0.39, 0.29) is 37.8 Å². The number of piperazine rings is 1. The Morgan fingerprint density at radius 2 is 1.82 bits per heavy atom. The zero-order valence-corrected chi connectivity index (χ0v) is 19.6. The number of benzene rings is 1. The first kappa shape index (κ1) is 25.8. The van der Waals surface area contributed by atoms with Gasteiger partial charge in [-0.3, -0.25) is 28.9 Å². The first-order chi connectivity index (χ1) is 16.1. The van der Waals surface area contributed by atoms with Crippen LogP contribution in [0.25, 0.3) is 0 Å². The molecule has 1 aromatic carbocycles. The van der Waals surface area contributed by atoms with E-state index in [1.807, 2.05) is 4.90 Å². The van der Waals surface area contributed by atoms with Crippen molar-refractivity contribution >= 4 is 27.8 Å². The van der Waals surface area contributed by atoms with Crippen molar-refractivity contribution in [2.45, 2.75) is 25.2 Å². The van der Waals surface area contributed by atoms with Gasteiger partial charge in [0, 0.05) is 51.3 Å². The molecule has 0 spiro atoms. The van der Waals surface area contributed by atoms with Crippen LogP contribution < -0.4 is 0 Å². The summed E-state index contributed by atoms with van der Waals surface area (Å²) < 4.78 is 33.6. The standard InChI is InChI=1S/C20H28N4O9S/c1-34(30,31)33-17-12-18(19(26)22-8-6-21(7-9-22)10-11-25)23(13-17)20(27)32-14-15-2-4-16(5-3-15)24(28)29/h2-5,17-18,25H,6-14H2,1H3. The maximum Gasteiger partial charge on any atom is 0.410 e. The number of carbonyl (C=O) groups is 2. The number of carbonyl (C=O) groups excluding carboxylic acids is 2. The first-order valence-electron chi connectivity index (χ1n) is 10.7. The van der Waals surface area contributed by atoms with Crippen LogP contribution >= 0.6 is 0 Å². The molecular formula is C20H28N4O9S. The van der Waals surface area contributed by atoms with Gasteiger partial charge in [-0.25, -0.2) is 4.79 Å². The minimum atomic E-state index is -3.80. The van der Waals surface area contributed by atoms with E-state index in [0.717, 1.165) is 6.26 Å². The van der Waals surface area contributed by atoms with Crippen molar-refractivity contribution in [1.82, 2.24) is 14.7 Å². The second-order valence-corrected chi connectivity index (χ2v) is 9.80. The van der Waals surface area contributed by atoms with E-state index in [1.54, 1.807) is 4.90 Å². The van der Waals surface area contributed by atoms with Crippen molar-refractivity contribution in [2.24, 2.45) is 0 Å². The second-order valence-electron chi connectivity index (χ2n) is 8.19. The fraction of sp³-hybridized carbons (Fsp3) is 0.600. The molecule has 0 radical (unpaired) electrons. The molecule has 0 aromatic heterocycles. The van der Waals surface area contributed by atoms with Crippen molar-refractivity contribution in [3.63, 3.8) is 0 Å².